The van der Waals surface area contributed by atoms with Crippen molar-refractivity contribution in [3.63, 3.8) is 0 Å². The van der Waals surface area contributed by atoms with E-state index in [9.17, 15) is 22.3 Å². The lowest BCUT2D eigenvalue weighted by atomic mass is 9.77. The van der Waals surface area contributed by atoms with E-state index >= 15 is 0 Å². The molecule has 5 heterocycles. The molecule has 2 aliphatic carbocycles. The number of aromatic nitrogens is 7. The van der Waals surface area contributed by atoms with Crippen molar-refractivity contribution >= 4 is 33.2 Å². The van der Waals surface area contributed by atoms with Gasteiger partial charge in [-0.05, 0) is 76.5 Å². The minimum atomic E-state index is -3.51. The molecule has 1 aliphatic heterocycles. The molecule has 4 aromatic heterocycles. The molecule has 0 spiro atoms. The monoisotopic (exact) mass is 694 g/mol. The van der Waals surface area contributed by atoms with Crippen LogP contribution in [0.4, 0.5) is 31.9 Å². The number of aliphatic hydroxyl groups is 1. The molecule has 0 aromatic carbocycles. The predicted octanol–water partition coefficient (Wildman–Crippen LogP) is 5.25. The molecule has 2 saturated carbocycles. The van der Waals surface area contributed by atoms with Gasteiger partial charge in [0.2, 0.25) is 0 Å². The summed E-state index contributed by atoms with van der Waals surface area (Å²) in [5, 5.41) is 30.0. The third-order valence-corrected chi connectivity index (χ3v) is 11.7. The first-order valence-electron chi connectivity index (χ1n) is 16.7. The van der Waals surface area contributed by atoms with Crippen LogP contribution in [0.15, 0.2) is 49.1 Å². The Labute approximate surface area is 283 Å². The van der Waals surface area contributed by atoms with E-state index in [0.29, 0.717) is 47.4 Å². The van der Waals surface area contributed by atoms with Gasteiger partial charge in [-0.3, -0.25) is 0 Å². The first-order valence-corrected chi connectivity index (χ1v) is 18.2. The van der Waals surface area contributed by atoms with Gasteiger partial charge in [-0.1, -0.05) is 0 Å². The number of halogens is 2. The van der Waals surface area contributed by atoms with Gasteiger partial charge in [-0.2, -0.15) is 9.19 Å². The van der Waals surface area contributed by atoms with Crippen molar-refractivity contribution in [1.82, 2.24) is 34.3 Å². The van der Waals surface area contributed by atoms with E-state index in [4.69, 9.17) is 0 Å². The first-order chi connectivity index (χ1) is 23.3. The number of nitrogens with zero attached hydrogens (tertiary/aromatic N) is 8. The quantitative estimate of drug-likeness (QED) is 0.198. The highest BCUT2D eigenvalue weighted by atomic mass is 32.2. The van der Waals surface area contributed by atoms with Gasteiger partial charge in [0.05, 0.1) is 34.5 Å². The van der Waals surface area contributed by atoms with Crippen molar-refractivity contribution in [2.24, 2.45) is 5.92 Å². The van der Waals surface area contributed by atoms with Crippen LogP contribution in [-0.2, 0) is 10.0 Å². The van der Waals surface area contributed by atoms with Gasteiger partial charge in [0.1, 0.15) is 11.6 Å². The largest absolute Gasteiger partial charge is 0.390 e. The second kappa shape index (κ2) is 12.9. The fourth-order valence-electron chi connectivity index (χ4n) is 6.49. The van der Waals surface area contributed by atoms with Gasteiger partial charge in [-0.15, -0.1) is 10.2 Å². The lowest BCUT2D eigenvalue weighted by molar-refractivity contribution is -0.0221. The van der Waals surface area contributed by atoms with Crippen LogP contribution in [0.1, 0.15) is 65.2 Å². The molecule has 1 saturated heterocycles. The predicted molar refractivity (Wildman–Crippen MR) is 181 cm³/mol. The molecular weight excluding hydrogens is 654 g/mol. The SMILES string of the molecule is CC(C)(O)C1CCC(Nc2cc(Nc3ccnc(-c4cnn(S(=O)(=O)C5CC5)c4)n3)ncc2-c2ccc(N3CCC(F)(F)CC3)nn2)CC1. The molecule has 0 bridgehead atoms. The standard InChI is InChI=1S/C33H40F2N10O3S/c1-32(2,46)22-3-5-23(6-4-22)39-27-17-29(37-19-25(27)26-9-10-30(43-42-26)44-15-12-33(34,35)13-16-44)40-28-11-14-36-31(41-28)21-18-38-45(20-21)49(47,48)24-7-8-24/h9-11,14,17-20,22-24,46H,3-8,12-13,15-16H2,1-2H3,(H2,36,37,39,40,41). The Morgan fingerprint density at radius 2 is 1.71 bits per heavy atom. The van der Waals surface area contributed by atoms with Crippen LogP contribution >= 0.6 is 0 Å². The summed E-state index contributed by atoms with van der Waals surface area (Å²) in [6.07, 6.45) is 10.5. The highest BCUT2D eigenvalue weighted by Crippen LogP contribution is 2.37. The Bertz CT molecular complexity index is 1890. The number of hydrogen-bond acceptors (Lipinski definition) is 12. The molecule has 7 rings (SSSR count). The van der Waals surface area contributed by atoms with Crippen molar-refractivity contribution in [2.45, 2.75) is 88.0 Å². The summed E-state index contributed by atoms with van der Waals surface area (Å²) in [6, 6.07) is 7.36. The minimum absolute atomic E-state index is 0.156. The highest BCUT2D eigenvalue weighted by molar-refractivity contribution is 7.90. The van der Waals surface area contributed by atoms with Crippen LogP contribution in [0.2, 0.25) is 0 Å². The molecule has 4 aromatic rings. The third-order valence-electron chi connectivity index (χ3n) is 9.67. The maximum absolute atomic E-state index is 13.7. The minimum Gasteiger partial charge on any atom is -0.390 e. The van der Waals surface area contributed by atoms with Crippen LogP contribution in [0.3, 0.4) is 0 Å². The van der Waals surface area contributed by atoms with Crippen LogP contribution in [0, 0.1) is 5.92 Å². The average molecular weight is 695 g/mol. The van der Waals surface area contributed by atoms with E-state index in [0.717, 1.165) is 41.0 Å². The summed E-state index contributed by atoms with van der Waals surface area (Å²) >= 11 is 0. The van der Waals surface area contributed by atoms with Crippen molar-refractivity contribution in [2.75, 3.05) is 28.6 Å². The van der Waals surface area contributed by atoms with Crippen molar-refractivity contribution in [1.29, 1.82) is 0 Å². The van der Waals surface area contributed by atoms with Gasteiger partial charge in [0.15, 0.2) is 11.6 Å². The van der Waals surface area contributed by atoms with Crippen molar-refractivity contribution < 1.29 is 22.3 Å². The lowest BCUT2D eigenvalue weighted by Crippen LogP contribution is -2.39. The Kier molecular flexibility index (Phi) is 8.71. The van der Waals surface area contributed by atoms with Crippen LogP contribution in [-0.4, -0.2) is 83.8 Å². The summed E-state index contributed by atoms with van der Waals surface area (Å²) in [5.41, 5.74) is 1.84. The summed E-state index contributed by atoms with van der Waals surface area (Å²) in [5.74, 6) is -0.592. The Morgan fingerprint density at radius 3 is 2.39 bits per heavy atom. The van der Waals surface area contributed by atoms with E-state index in [1.54, 1.807) is 24.5 Å². The highest BCUT2D eigenvalue weighted by Gasteiger charge is 2.38. The van der Waals surface area contributed by atoms with Gasteiger partial charge in [-0.25, -0.2) is 32.2 Å². The van der Waals surface area contributed by atoms with E-state index < -0.39 is 26.8 Å². The van der Waals surface area contributed by atoms with E-state index in [1.165, 1.54) is 12.4 Å². The van der Waals surface area contributed by atoms with Crippen molar-refractivity contribution in [3.05, 3.63) is 49.1 Å². The van der Waals surface area contributed by atoms with E-state index in [-0.39, 0.29) is 37.9 Å². The maximum Gasteiger partial charge on any atom is 0.256 e. The summed E-state index contributed by atoms with van der Waals surface area (Å²) in [6.45, 7) is 4.16. The number of pyridine rings is 1. The zero-order valence-electron chi connectivity index (χ0n) is 27.4. The van der Waals surface area contributed by atoms with Crippen LogP contribution in [0.25, 0.3) is 22.6 Å². The average Bonchev–Trinajstić information content (AvgIpc) is 3.82. The molecule has 3 aliphatic rings. The van der Waals surface area contributed by atoms with Gasteiger partial charge >= 0.3 is 0 Å². The van der Waals surface area contributed by atoms with Crippen molar-refractivity contribution in [3.8, 4) is 22.6 Å². The summed E-state index contributed by atoms with van der Waals surface area (Å²) in [4.78, 5) is 15.4. The molecular formula is C33H40F2N10O3S. The Balaban J connectivity index is 1.12. The number of alkyl halides is 2. The Hall–Kier alpha value is -4.31. The second-order valence-corrected chi connectivity index (χ2v) is 15.9. The van der Waals surface area contributed by atoms with Crippen LogP contribution in [0.5, 0.6) is 0 Å². The van der Waals surface area contributed by atoms with Gasteiger partial charge < -0.3 is 20.6 Å². The molecule has 3 N–H and O–H groups in total. The number of piperidine rings is 1. The molecule has 3 fully saturated rings. The molecule has 16 heteroatoms. The first kappa shape index (κ1) is 33.2. The molecule has 13 nitrogen and oxygen atoms in total. The van der Waals surface area contributed by atoms with E-state index in [2.05, 4.69) is 40.9 Å². The number of hydrogen-bond donors (Lipinski definition) is 3. The van der Waals surface area contributed by atoms with E-state index in [1.807, 2.05) is 30.9 Å². The fraction of sp³-hybridized carbons (Fsp3) is 0.515. The second-order valence-electron chi connectivity index (χ2n) is 13.8. The smallest absolute Gasteiger partial charge is 0.256 e. The maximum atomic E-state index is 13.7. The molecule has 0 amide bonds. The number of rotatable bonds is 10. The molecule has 0 radical (unpaired) electrons. The topological polar surface area (TPSA) is 164 Å². The Morgan fingerprint density at radius 1 is 0.959 bits per heavy atom. The number of anilines is 4. The zero-order valence-corrected chi connectivity index (χ0v) is 28.2. The lowest BCUT2D eigenvalue weighted by Gasteiger charge is -2.36. The summed E-state index contributed by atoms with van der Waals surface area (Å²) < 4.78 is 53.6. The fourth-order valence-corrected chi connectivity index (χ4v) is 7.96. The molecule has 0 unspecified atom stereocenters. The normalized spacial score (nSPS) is 21.4. The van der Waals surface area contributed by atoms with Gasteiger partial charge in [0, 0.05) is 61.7 Å². The third kappa shape index (κ3) is 7.49. The van der Waals surface area contributed by atoms with Gasteiger partial charge in [0.25, 0.3) is 15.9 Å². The number of nitrogens with one attached hydrogen (secondary N) is 2. The summed E-state index contributed by atoms with van der Waals surface area (Å²) in [7, 11) is -3.51. The molecule has 49 heavy (non-hydrogen) atoms. The molecule has 260 valence electrons. The zero-order chi connectivity index (χ0) is 34.4. The molecule has 0 atom stereocenters. The van der Waals surface area contributed by atoms with Crippen LogP contribution < -0.4 is 15.5 Å².